The fourth-order valence-corrected chi connectivity index (χ4v) is 1.21. The second kappa shape index (κ2) is 2.84. The van der Waals surface area contributed by atoms with E-state index in [2.05, 4.69) is 9.47 Å². The van der Waals surface area contributed by atoms with Crippen LogP contribution < -0.4 is 0 Å². The summed E-state index contributed by atoms with van der Waals surface area (Å²) in [5, 5.41) is 9.48. The Morgan fingerprint density at radius 2 is 2.25 bits per heavy atom. The van der Waals surface area contributed by atoms with Crippen LogP contribution in [0.3, 0.4) is 0 Å². The Balaban J connectivity index is 2.97. The van der Waals surface area contributed by atoms with Gasteiger partial charge in [0.15, 0.2) is 0 Å². The van der Waals surface area contributed by atoms with E-state index in [4.69, 9.17) is 0 Å². The third-order valence-electron chi connectivity index (χ3n) is 1.96. The molecule has 1 aliphatic rings. The molecule has 0 saturated carbocycles. The lowest BCUT2D eigenvalue weighted by Gasteiger charge is -2.19. The minimum atomic E-state index is -2.08. The van der Waals surface area contributed by atoms with Crippen molar-refractivity contribution >= 4 is 11.9 Å². The average Bonchev–Trinajstić information content (AvgIpc) is 2.24. The minimum absolute atomic E-state index is 0.301. The van der Waals surface area contributed by atoms with Crippen molar-refractivity contribution in [1.82, 2.24) is 0 Å². The zero-order valence-corrected chi connectivity index (χ0v) is 6.86. The van der Waals surface area contributed by atoms with Gasteiger partial charge in [-0.1, -0.05) is 6.92 Å². The normalized spacial score (nSPS) is 35.4. The van der Waals surface area contributed by atoms with Crippen LogP contribution in [0.2, 0.25) is 0 Å². The lowest BCUT2D eigenvalue weighted by atomic mass is 9.99. The second-order valence-electron chi connectivity index (χ2n) is 2.57. The largest absolute Gasteiger partial charge is 0.389 e. The van der Waals surface area contributed by atoms with Crippen LogP contribution in [0.4, 0.5) is 0 Å². The molecule has 1 aliphatic heterocycles. The van der Waals surface area contributed by atoms with Crippen LogP contribution in [0, 0.1) is 5.92 Å². The maximum absolute atomic E-state index is 10.9. The van der Waals surface area contributed by atoms with Crippen molar-refractivity contribution in [2.24, 2.45) is 5.92 Å². The Morgan fingerprint density at radius 3 is 2.58 bits per heavy atom. The molecule has 0 aromatic heterocycles. The van der Waals surface area contributed by atoms with Crippen LogP contribution in [0.25, 0.3) is 0 Å². The van der Waals surface area contributed by atoms with Gasteiger partial charge in [0.1, 0.15) is 5.92 Å². The van der Waals surface area contributed by atoms with Crippen LogP contribution in [-0.4, -0.2) is 29.9 Å². The first-order chi connectivity index (χ1) is 5.56. The average molecular weight is 174 g/mol. The van der Waals surface area contributed by atoms with E-state index in [1.807, 2.05) is 0 Å². The summed E-state index contributed by atoms with van der Waals surface area (Å²) in [6, 6.07) is 0. The highest BCUT2D eigenvalue weighted by atomic mass is 16.7. The van der Waals surface area contributed by atoms with Crippen molar-refractivity contribution in [1.29, 1.82) is 0 Å². The number of hydrogen-bond acceptors (Lipinski definition) is 5. The smallest absolute Gasteiger partial charge is 0.375 e. The molecule has 0 aliphatic carbocycles. The Morgan fingerprint density at radius 1 is 1.67 bits per heavy atom. The third kappa shape index (κ3) is 1.02. The van der Waals surface area contributed by atoms with Gasteiger partial charge < -0.3 is 14.6 Å². The topological polar surface area (TPSA) is 72.8 Å². The number of carbonyl (C=O) groups excluding carboxylic acids is 2. The highest BCUT2D eigenvalue weighted by Crippen LogP contribution is 2.30. The summed E-state index contributed by atoms with van der Waals surface area (Å²) in [6.45, 7) is 1.66. The number of carbonyl (C=O) groups is 2. The molecule has 0 spiro atoms. The fourth-order valence-electron chi connectivity index (χ4n) is 1.21. The molecular weight excluding hydrogens is 164 g/mol. The predicted octanol–water partition coefficient (Wildman–Crippen LogP) is -0.569. The molecule has 0 amide bonds. The molecule has 2 unspecified atom stereocenters. The van der Waals surface area contributed by atoms with E-state index in [9.17, 15) is 14.7 Å². The van der Waals surface area contributed by atoms with Crippen LogP contribution in [0.15, 0.2) is 0 Å². The molecule has 0 aromatic rings. The van der Waals surface area contributed by atoms with E-state index < -0.39 is 23.6 Å². The number of aliphatic hydroxyl groups is 1. The zero-order valence-electron chi connectivity index (χ0n) is 6.86. The number of hydrogen-bond donors (Lipinski definition) is 1. The van der Waals surface area contributed by atoms with Crippen molar-refractivity contribution in [3.63, 3.8) is 0 Å². The molecule has 1 heterocycles. The van der Waals surface area contributed by atoms with E-state index in [-0.39, 0.29) is 0 Å². The Labute approximate surface area is 69.3 Å². The predicted molar refractivity (Wildman–Crippen MR) is 36.8 cm³/mol. The Hall–Kier alpha value is -0.940. The molecule has 2 atom stereocenters. The zero-order chi connectivity index (χ0) is 9.35. The number of rotatable bonds is 2. The van der Waals surface area contributed by atoms with Crippen LogP contribution in [-0.2, 0) is 19.1 Å². The molecule has 5 nitrogen and oxygen atoms in total. The molecule has 12 heavy (non-hydrogen) atoms. The lowest BCUT2D eigenvalue weighted by Crippen LogP contribution is -2.43. The molecule has 5 heteroatoms. The van der Waals surface area contributed by atoms with Gasteiger partial charge >= 0.3 is 11.9 Å². The Bertz CT molecular complexity index is 224. The summed E-state index contributed by atoms with van der Waals surface area (Å²) < 4.78 is 8.76. The molecule has 1 saturated heterocycles. The summed E-state index contributed by atoms with van der Waals surface area (Å²) in [5.74, 6) is -4.74. The first kappa shape index (κ1) is 9.15. The summed E-state index contributed by atoms with van der Waals surface area (Å²) in [6.07, 6.45) is 0.301. The number of cyclic esters (lactones) is 2. The second-order valence-corrected chi connectivity index (χ2v) is 2.57. The van der Waals surface area contributed by atoms with E-state index in [1.165, 1.54) is 0 Å². The summed E-state index contributed by atoms with van der Waals surface area (Å²) in [4.78, 5) is 21.8. The van der Waals surface area contributed by atoms with Gasteiger partial charge in [-0.05, 0) is 6.42 Å². The van der Waals surface area contributed by atoms with Crippen molar-refractivity contribution in [2.75, 3.05) is 7.11 Å². The van der Waals surface area contributed by atoms with Gasteiger partial charge in [-0.3, -0.25) is 4.79 Å². The maximum Gasteiger partial charge on any atom is 0.375 e. The quantitative estimate of drug-likeness (QED) is 0.345. The molecule has 0 radical (unpaired) electrons. The third-order valence-corrected chi connectivity index (χ3v) is 1.96. The number of ether oxygens (including phenoxy) is 2. The molecule has 68 valence electrons. The highest BCUT2D eigenvalue weighted by molar-refractivity contribution is 5.99. The first-order valence-corrected chi connectivity index (χ1v) is 3.60. The van der Waals surface area contributed by atoms with Crippen molar-refractivity contribution in [2.45, 2.75) is 19.1 Å². The van der Waals surface area contributed by atoms with Crippen molar-refractivity contribution < 1.29 is 24.2 Å². The number of esters is 2. The molecule has 0 bridgehead atoms. The lowest BCUT2D eigenvalue weighted by molar-refractivity contribution is -0.211. The first-order valence-electron chi connectivity index (χ1n) is 3.60. The fraction of sp³-hybridized carbons (Fsp3) is 0.714. The van der Waals surface area contributed by atoms with E-state index in [0.717, 1.165) is 7.11 Å². The SMILES string of the molecule is CCC1C(=O)OC(=O)C1(O)OC. The molecular formula is C7H10O5. The standard InChI is InChI=1S/C7H10O5/c1-3-4-5(8)12-6(9)7(4,10)11-2/h4,10H,3H2,1-2H3. The molecule has 0 aromatic carbocycles. The van der Waals surface area contributed by atoms with Gasteiger partial charge in [0.05, 0.1) is 0 Å². The van der Waals surface area contributed by atoms with Gasteiger partial charge in [-0.2, -0.15) is 0 Å². The van der Waals surface area contributed by atoms with E-state index in [1.54, 1.807) is 6.92 Å². The summed E-state index contributed by atoms with van der Waals surface area (Å²) in [7, 11) is 1.16. The van der Waals surface area contributed by atoms with E-state index in [0.29, 0.717) is 6.42 Å². The van der Waals surface area contributed by atoms with Crippen LogP contribution in [0.1, 0.15) is 13.3 Å². The molecule has 1 N–H and O–H groups in total. The summed E-state index contributed by atoms with van der Waals surface area (Å²) >= 11 is 0. The van der Waals surface area contributed by atoms with Gasteiger partial charge in [0, 0.05) is 7.11 Å². The molecule has 1 fully saturated rings. The van der Waals surface area contributed by atoms with Crippen LogP contribution in [0.5, 0.6) is 0 Å². The maximum atomic E-state index is 10.9. The van der Waals surface area contributed by atoms with Gasteiger partial charge in [0.25, 0.3) is 5.79 Å². The Kier molecular flexibility index (Phi) is 2.16. The summed E-state index contributed by atoms with van der Waals surface area (Å²) in [5.41, 5.74) is 0. The minimum Gasteiger partial charge on any atom is -0.389 e. The van der Waals surface area contributed by atoms with Crippen molar-refractivity contribution in [3.05, 3.63) is 0 Å². The molecule has 1 rings (SSSR count). The van der Waals surface area contributed by atoms with E-state index >= 15 is 0 Å². The highest BCUT2D eigenvalue weighted by Gasteiger charge is 2.57. The van der Waals surface area contributed by atoms with Gasteiger partial charge in [-0.15, -0.1) is 0 Å². The van der Waals surface area contributed by atoms with Crippen molar-refractivity contribution in [3.8, 4) is 0 Å². The monoisotopic (exact) mass is 174 g/mol. The van der Waals surface area contributed by atoms with Gasteiger partial charge in [0.2, 0.25) is 0 Å². The van der Waals surface area contributed by atoms with Gasteiger partial charge in [-0.25, -0.2) is 4.79 Å². The van der Waals surface area contributed by atoms with Crippen LogP contribution >= 0.6 is 0 Å². The number of methoxy groups -OCH3 is 1.